The fraction of sp³-hybridized carbons (Fsp3) is 0.400. The maximum Gasteiger partial charge on any atom is 0.432 e. The zero-order valence-corrected chi connectivity index (χ0v) is 15.9. The number of nitrogens with one attached hydrogen (secondary N) is 2. The van der Waals surface area contributed by atoms with E-state index in [1.165, 1.54) is 24.3 Å². The number of aromatic nitrogens is 4. The van der Waals surface area contributed by atoms with Gasteiger partial charge in [-0.3, -0.25) is 15.0 Å². The number of ether oxygens (including phenoxy) is 1. The van der Waals surface area contributed by atoms with Gasteiger partial charge in [-0.1, -0.05) is 0 Å². The van der Waals surface area contributed by atoms with Gasteiger partial charge in [-0.05, 0) is 55.9 Å². The number of aromatic amines is 2. The summed E-state index contributed by atoms with van der Waals surface area (Å²) >= 11 is 0. The molecule has 0 aliphatic carbocycles. The van der Waals surface area contributed by atoms with Crippen molar-refractivity contribution in [2.45, 2.75) is 31.9 Å². The average Bonchev–Trinajstić information content (AvgIpc) is 3.33. The molecule has 160 valence electrons. The molecule has 1 fully saturated rings. The van der Waals surface area contributed by atoms with Crippen molar-refractivity contribution < 1.29 is 22.3 Å². The van der Waals surface area contributed by atoms with Gasteiger partial charge in [-0.15, -0.1) is 0 Å². The quantitative estimate of drug-likeness (QED) is 0.607. The lowest BCUT2D eigenvalue weighted by Crippen LogP contribution is -2.20. The Balaban J connectivity index is 1.71. The topological polar surface area (TPSA) is 75.7 Å². The number of benzene rings is 1. The molecule has 0 amide bonds. The van der Waals surface area contributed by atoms with Gasteiger partial charge < -0.3 is 4.74 Å². The Morgan fingerprint density at radius 3 is 2.50 bits per heavy atom. The van der Waals surface area contributed by atoms with E-state index in [9.17, 15) is 22.4 Å². The lowest BCUT2D eigenvalue weighted by atomic mass is 9.92. The summed E-state index contributed by atoms with van der Waals surface area (Å²) in [6.07, 6.45) is -1.61. The van der Waals surface area contributed by atoms with E-state index in [1.54, 1.807) is 0 Å². The monoisotopic (exact) mass is 424 g/mol. The molecule has 4 rings (SSSR count). The summed E-state index contributed by atoms with van der Waals surface area (Å²) in [7, 11) is 0. The Labute approximate surface area is 168 Å². The first-order valence-electron chi connectivity index (χ1n) is 9.63. The molecule has 2 aromatic heterocycles. The van der Waals surface area contributed by atoms with Gasteiger partial charge >= 0.3 is 6.18 Å². The molecule has 10 heteroatoms. The summed E-state index contributed by atoms with van der Waals surface area (Å²) in [5.74, 6) is -0.204. The van der Waals surface area contributed by atoms with Gasteiger partial charge in [0.05, 0.1) is 5.69 Å². The largest absolute Gasteiger partial charge is 0.432 e. The highest BCUT2D eigenvalue weighted by atomic mass is 19.4. The van der Waals surface area contributed by atoms with Crippen LogP contribution < -0.4 is 5.56 Å². The van der Waals surface area contributed by atoms with Crippen LogP contribution in [0.25, 0.3) is 17.1 Å². The van der Waals surface area contributed by atoms with Crippen molar-refractivity contribution in [3.63, 3.8) is 0 Å². The van der Waals surface area contributed by atoms with Crippen molar-refractivity contribution in [3.05, 3.63) is 57.8 Å². The molecular formula is C20H20F4N4O2. The minimum absolute atomic E-state index is 0.187. The smallest absolute Gasteiger partial charge is 0.381 e. The summed E-state index contributed by atoms with van der Waals surface area (Å²) in [6, 6.07) is 6.35. The van der Waals surface area contributed by atoms with Crippen LogP contribution in [0.5, 0.6) is 0 Å². The summed E-state index contributed by atoms with van der Waals surface area (Å²) in [5.41, 5.74) is -0.0678. The molecule has 0 bridgehead atoms. The third kappa shape index (κ3) is 4.18. The molecule has 1 aliphatic heterocycles. The van der Waals surface area contributed by atoms with Crippen LogP contribution in [-0.4, -0.2) is 33.2 Å². The van der Waals surface area contributed by atoms with E-state index in [1.807, 2.05) is 5.10 Å². The standard InChI is InChI=1S/C20H20F4N4O2/c21-14-4-2-13(3-5-14)18-15(6-1-12-7-9-30-10-8-12)19(29)28(27-18)17-11-16(25-26-17)20(22,23)24/h2-5,11-12,27H,1,6-10H2,(H,25,26). The van der Waals surface area contributed by atoms with Gasteiger partial charge in [0, 0.05) is 30.4 Å². The second-order valence-corrected chi connectivity index (χ2v) is 7.34. The Morgan fingerprint density at radius 1 is 1.17 bits per heavy atom. The second kappa shape index (κ2) is 8.10. The summed E-state index contributed by atoms with van der Waals surface area (Å²) < 4.78 is 58.4. The van der Waals surface area contributed by atoms with E-state index in [0.29, 0.717) is 42.4 Å². The number of hydrogen-bond donors (Lipinski definition) is 2. The third-order valence-electron chi connectivity index (χ3n) is 5.36. The van der Waals surface area contributed by atoms with Crippen LogP contribution in [-0.2, 0) is 17.3 Å². The van der Waals surface area contributed by atoms with Crippen molar-refractivity contribution >= 4 is 0 Å². The first-order valence-corrected chi connectivity index (χ1v) is 9.63. The number of halogens is 4. The van der Waals surface area contributed by atoms with Crippen LogP contribution in [0.15, 0.2) is 35.1 Å². The molecule has 30 heavy (non-hydrogen) atoms. The van der Waals surface area contributed by atoms with Gasteiger partial charge in [0.15, 0.2) is 5.82 Å². The van der Waals surface area contributed by atoms with Crippen LogP contribution in [0.1, 0.15) is 30.5 Å². The van der Waals surface area contributed by atoms with Gasteiger partial charge in [0.1, 0.15) is 11.5 Å². The maximum absolute atomic E-state index is 13.3. The van der Waals surface area contributed by atoms with Crippen LogP contribution in [0.2, 0.25) is 0 Å². The Hall–Kier alpha value is -2.88. The first kappa shape index (κ1) is 20.4. The van der Waals surface area contributed by atoms with Crippen molar-refractivity contribution in [2.75, 3.05) is 13.2 Å². The Morgan fingerprint density at radius 2 is 1.87 bits per heavy atom. The van der Waals surface area contributed by atoms with E-state index in [2.05, 4.69) is 10.2 Å². The molecular weight excluding hydrogens is 404 g/mol. The Kier molecular flexibility index (Phi) is 5.50. The number of alkyl halides is 3. The maximum atomic E-state index is 13.3. The summed E-state index contributed by atoms with van der Waals surface area (Å²) in [5, 5.41) is 8.41. The molecule has 0 atom stereocenters. The molecule has 0 unspecified atom stereocenters. The highest BCUT2D eigenvalue weighted by Crippen LogP contribution is 2.29. The van der Waals surface area contributed by atoms with Crippen LogP contribution in [0.4, 0.5) is 17.6 Å². The normalized spacial score (nSPS) is 15.6. The fourth-order valence-corrected chi connectivity index (χ4v) is 3.67. The molecule has 3 heterocycles. The fourth-order valence-electron chi connectivity index (χ4n) is 3.67. The zero-order chi connectivity index (χ0) is 21.3. The first-order chi connectivity index (χ1) is 14.3. The predicted molar refractivity (Wildman–Crippen MR) is 101 cm³/mol. The van der Waals surface area contributed by atoms with Crippen LogP contribution in [0, 0.1) is 11.7 Å². The Bertz CT molecular complexity index is 1060. The van der Waals surface area contributed by atoms with Crippen LogP contribution >= 0.6 is 0 Å². The highest BCUT2D eigenvalue weighted by Gasteiger charge is 2.33. The van der Waals surface area contributed by atoms with Gasteiger partial charge in [-0.2, -0.15) is 23.0 Å². The molecule has 2 N–H and O–H groups in total. The van der Waals surface area contributed by atoms with E-state index in [4.69, 9.17) is 4.74 Å². The van der Waals surface area contributed by atoms with Gasteiger partial charge in [0.2, 0.25) is 0 Å². The van der Waals surface area contributed by atoms with Gasteiger partial charge in [-0.25, -0.2) is 4.39 Å². The molecule has 1 aromatic carbocycles. The zero-order valence-electron chi connectivity index (χ0n) is 15.9. The van der Waals surface area contributed by atoms with E-state index < -0.39 is 23.2 Å². The molecule has 6 nitrogen and oxygen atoms in total. The average molecular weight is 424 g/mol. The lowest BCUT2D eigenvalue weighted by molar-refractivity contribution is -0.141. The summed E-state index contributed by atoms with van der Waals surface area (Å²) in [4.78, 5) is 13.1. The number of H-pyrrole nitrogens is 2. The minimum atomic E-state index is -4.60. The molecule has 1 saturated heterocycles. The van der Waals surface area contributed by atoms with Crippen molar-refractivity contribution in [1.29, 1.82) is 0 Å². The van der Waals surface area contributed by atoms with E-state index >= 15 is 0 Å². The van der Waals surface area contributed by atoms with Crippen molar-refractivity contribution in [3.8, 4) is 17.1 Å². The molecule has 3 aromatic rings. The molecule has 1 aliphatic rings. The van der Waals surface area contributed by atoms with E-state index in [0.717, 1.165) is 30.0 Å². The van der Waals surface area contributed by atoms with Crippen molar-refractivity contribution in [2.24, 2.45) is 5.92 Å². The predicted octanol–water partition coefficient (Wildman–Crippen LogP) is 4.07. The molecule has 0 saturated carbocycles. The van der Waals surface area contributed by atoms with Crippen molar-refractivity contribution in [1.82, 2.24) is 20.0 Å². The van der Waals surface area contributed by atoms with Gasteiger partial charge in [0.25, 0.3) is 5.56 Å². The number of nitrogens with zero attached hydrogens (tertiary/aromatic N) is 2. The van der Waals surface area contributed by atoms with E-state index in [-0.39, 0.29) is 5.82 Å². The number of hydrogen-bond acceptors (Lipinski definition) is 3. The molecule has 0 radical (unpaired) electrons. The SMILES string of the molecule is O=c1c(CCC2CCOCC2)c(-c2ccc(F)cc2)[nH]n1-c1cc(C(F)(F)F)[nH]n1. The summed E-state index contributed by atoms with van der Waals surface area (Å²) in [6.45, 7) is 1.36. The number of rotatable bonds is 5. The third-order valence-corrected chi connectivity index (χ3v) is 5.36. The molecule has 0 spiro atoms. The lowest BCUT2D eigenvalue weighted by Gasteiger charge is -2.21. The second-order valence-electron chi connectivity index (χ2n) is 7.34. The highest BCUT2D eigenvalue weighted by molar-refractivity contribution is 5.63. The minimum Gasteiger partial charge on any atom is -0.381 e. The van der Waals surface area contributed by atoms with Crippen LogP contribution in [0.3, 0.4) is 0 Å².